The first-order valence-corrected chi connectivity index (χ1v) is 10.8. The van der Waals surface area contributed by atoms with Gasteiger partial charge in [-0.3, -0.25) is 4.90 Å². The number of anilines is 1. The molecule has 31 heavy (non-hydrogen) atoms. The van der Waals surface area contributed by atoms with Crippen molar-refractivity contribution in [3.8, 4) is 0 Å². The van der Waals surface area contributed by atoms with Crippen LogP contribution >= 0.6 is 0 Å². The molecular formula is C25H34FN5. The molecule has 5 nitrogen and oxygen atoms in total. The maximum atomic E-state index is 13.9. The van der Waals surface area contributed by atoms with E-state index in [0.717, 1.165) is 84.3 Å². The zero-order valence-electron chi connectivity index (χ0n) is 18.9. The van der Waals surface area contributed by atoms with E-state index in [4.69, 9.17) is 0 Å². The van der Waals surface area contributed by atoms with Gasteiger partial charge in [0.25, 0.3) is 0 Å². The van der Waals surface area contributed by atoms with Crippen molar-refractivity contribution in [1.82, 2.24) is 20.5 Å². The molecule has 1 fully saturated rings. The summed E-state index contributed by atoms with van der Waals surface area (Å²) in [5.74, 6) is -0.264. The molecule has 2 heterocycles. The van der Waals surface area contributed by atoms with Crippen molar-refractivity contribution in [2.24, 2.45) is 0 Å². The first-order chi connectivity index (χ1) is 14.9. The van der Waals surface area contributed by atoms with Crippen molar-refractivity contribution in [3.05, 3.63) is 71.5 Å². The molecule has 1 saturated heterocycles. The number of aromatic amines is 1. The molecule has 1 aromatic carbocycles. The number of H-pyrrole nitrogens is 1. The smallest absolute Gasteiger partial charge is 0.123 e. The third kappa shape index (κ3) is 5.66. The molecule has 166 valence electrons. The van der Waals surface area contributed by atoms with Gasteiger partial charge in [-0.25, -0.2) is 4.39 Å². The maximum Gasteiger partial charge on any atom is 0.123 e. The molecule has 3 rings (SSSR count). The molecule has 0 atom stereocenters. The fourth-order valence-corrected chi connectivity index (χ4v) is 4.13. The summed E-state index contributed by atoms with van der Waals surface area (Å²) in [5.41, 5.74) is 7.83. The van der Waals surface area contributed by atoms with Gasteiger partial charge in [-0.05, 0) is 62.4 Å². The highest BCUT2D eigenvalue weighted by Gasteiger charge is 2.15. The van der Waals surface area contributed by atoms with E-state index in [0.29, 0.717) is 0 Å². The Bertz CT molecular complexity index is 967. The number of aromatic nitrogens is 1. The Kier molecular flexibility index (Phi) is 7.71. The Hall–Kier alpha value is -2.83. The first-order valence-electron chi connectivity index (χ1n) is 10.8. The van der Waals surface area contributed by atoms with Crippen LogP contribution in [0.3, 0.4) is 0 Å². The van der Waals surface area contributed by atoms with Crippen LogP contribution < -0.4 is 16.0 Å². The molecule has 0 saturated carbocycles. The normalized spacial score (nSPS) is 15.0. The van der Waals surface area contributed by atoms with Gasteiger partial charge in [0.2, 0.25) is 0 Å². The minimum absolute atomic E-state index is 0.264. The Labute approximate surface area is 185 Å². The third-order valence-corrected chi connectivity index (χ3v) is 5.78. The minimum atomic E-state index is -0.264. The molecule has 0 unspecified atom stereocenters. The van der Waals surface area contributed by atoms with Gasteiger partial charge in [-0.2, -0.15) is 0 Å². The Balaban J connectivity index is 1.75. The second kappa shape index (κ2) is 10.5. The first kappa shape index (κ1) is 22.8. The molecule has 0 bridgehead atoms. The molecule has 2 aromatic rings. The maximum absolute atomic E-state index is 13.9. The Morgan fingerprint density at radius 1 is 1.26 bits per heavy atom. The lowest BCUT2D eigenvalue weighted by Crippen LogP contribution is -2.45. The fraction of sp³-hybridized carbons (Fsp3) is 0.360. The predicted molar refractivity (Wildman–Crippen MR) is 130 cm³/mol. The van der Waals surface area contributed by atoms with E-state index in [9.17, 15) is 4.39 Å². The van der Waals surface area contributed by atoms with Crippen LogP contribution in [0.2, 0.25) is 0 Å². The number of piperazine rings is 1. The lowest BCUT2D eigenvalue weighted by atomic mass is 10.0. The monoisotopic (exact) mass is 423 g/mol. The standard InChI is InChI=1S/C25H34FN5/c1-6-28-23-8-7-21(26)16-22(23)17(2)15-24-18(3)25(20(5)30-24)19(4)29-11-14-31-12-9-27-10-13-31/h6-8,15-16,27-30H,1,4,9-14H2,2-3,5H3/b17-15+. The molecule has 1 aliphatic heterocycles. The van der Waals surface area contributed by atoms with E-state index in [2.05, 4.69) is 58.9 Å². The van der Waals surface area contributed by atoms with E-state index >= 15 is 0 Å². The summed E-state index contributed by atoms with van der Waals surface area (Å²) in [6, 6.07) is 4.72. The summed E-state index contributed by atoms with van der Waals surface area (Å²) in [5, 5.41) is 9.95. The molecule has 4 N–H and O–H groups in total. The summed E-state index contributed by atoms with van der Waals surface area (Å²) in [4.78, 5) is 5.93. The van der Waals surface area contributed by atoms with Gasteiger partial charge in [0.05, 0.1) is 0 Å². The fourth-order valence-electron chi connectivity index (χ4n) is 4.13. The predicted octanol–water partition coefficient (Wildman–Crippen LogP) is 4.35. The second-order valence-corrected chi connectivity index (χ2v) is 8.03. The van der Waals surface area contributed by atoms with Crippen molar-refractivity contribution in [2.75, 3.05) is 44.6 Å². The van der Waals surface area contributed by atoms with Crippen molar-refractivity contribution in [3.63, 3.8) is 0 Å². The van der Waals surface area contributed by atoms with E-state index < -0.39 is 0 Å². The second-order valence-electron chi connectivity index (χ2n) is 8.03. The highest BCUT2D eigenvalue weighted by molar-refractivity contribution is 5.87. The van der Waals surface area contributed by atoms with Crippen LogP contribution in [0.5, 0.6) is 0 Å². The molecule has 6 heteroatoms. The van der Waals surface area contributed by atoms with Gasteiger partial charge in [0, 0.05) is 73.2 Å². The summed E-state index contributed by atoms with van der Waals surface area (Å²) in [7, 11) is 0. The Morgan fingerprint density at radius 3 is 2.71 bits per heavy atom. The van der Waals surface area contributed by atoms with Crippen LogP contribution in [0.15, 0.2) is 37.6 Å². The number of aryl methyl sites for hydroxylation is 1. The minimum Gasteiger partial charge on any atom is -0.384 e. The number of nitrogens with zero attached hydrogens (tertiary/aromatic N) is 1. The largest absolute Gasteiger partial charge is 0.384 e. The highest BCUT2D eigenvalue weighted by atomic mass is 19.1. The Morgan fingerprint density at radius 2 is 2.00 bits per heavy atom. The topological polar surface area (TPSA) is 55.1 Å². The van der Waals surface area contributed by atoms with Crippen molar-refractivity contribution in [2.45, 2.75) is 20.8 Å². The van der Waals surface area contributed by atoms with Crippen LogP contribution in [0.4, 0.5) is 10.1 Å². The van der Waals surface area contributed by atoms with Gasteiger partial charge in [-0.15, -0.1) is 0 Å². The van der Waals surface area contributed by atoms with Crippen molar-refractivity contribution in [1.29, 1.82) is 0 Å². The highest BCUT2D eigenvalue weighted by Crippen LogP contribution is 2.30. The number of benzene rings is 1. The lowest BCUT2D eigenvalue weighted by molar-refractivity contribution is 0.244. The number of hydrogen-bond acceptors (Lipinski definition) is 4. The molecular weight excluding hydrogens is 389 g/mol. The number of halogens is 1. The third-order valence-electron chi connectivity index (χ3n) is 5.78. The molecule has 1 aromatic heterocycles. The summed E-state index contributed by atoms with van der Waals surface area (Å²) >= 11 is 0. The van der Waals surface area contributed by atoms with Crippen LogP contribution in [0, 0.1) is 19.7 Å². The molecule has 0 amide bonds. The number of rotatable bonds is 9. The van der Waals surface area contributed by atoms with Gasteiger partial charge >= 0.3 is 0 Å². The van der Waals surface area contributed by atoms with Crippen molar-refractivity contribution >= 4 is 23.0 Å². The van der Waals surface area contributed by atoms with Gasteiger partial charge in [-0.1, -0.05) is 13.2 Å². The summed E-state index contributed by atoms with van der Waals surface area (Å²) < 4.78 is 13.9. The van der Waals surface area contributed by atoms with Crippen LogP contribution in [-0.2, 0) is 0 Å². The van der Waals surface area contributed by atoms with Crippen LogP contribution in [-0.4, -0.2) is 49.2 Å². The SMILES string of the molecule is C=CNc1ccc(F)cc1/C(C)=C/c1[nH]c(C)c(C(=C)NCCN2CCNCC2)c1C. The molecule has 0 spiro atoms. The molecule has 1 aliphatic rings. The van der Waals surface area contributed by atoms with Gasteiger partial charge < -0.3 is 20.9 Å². The van der Waals surface area contributed by atoms with Crippen LogP contribution in [0.25, 0.3) is 17.3 Å². The zero-order valence-corrected chi connectivity index (χ0v) is 18.9. The van der Waals surface area contributed by atoms with E-state index in [1.165, 1.54) is 6.07 Å². The van der Waals surface area contributed by atoms with E-state index in [1.807, 2.05) is 6.92 Å². The average Bonchev–Trinajstić information content (AvgIpc) is 3.03. The van der Waals surface area contributed by atoms with Crippen LogP contribution in [0.1, 0.15) is 35.0 Å². The summed E-state index contributed by atoms with van der Waals surface area (Å²) in [6.07, 6.45) is 3.66. The molecule has 0 radical (unpaired) electrons. The van der Waals surface area contributed by atoms with E-state index in [-0.39, 0.29) is 5.82 Å². The summed E-state index contributed by atoms with van der Waals surface area (Å²) in [6.45, 7) is 20.3. The van der Waals surface area contributed by atoms with Crippen molar-refractivity contribution < 1.29 is 4.39 Å². The lowest BCUT2D eigenvalue weighted by Gasteiger charge is -2.27. The quantitative estimate of drug-likeness (QED) is 0.484. The van der Waals surface area contributed by atoms with Gasteiger partial charge in [0.1, 0.15) is 5.82 Å². The van der Waals surface area contributed by atoms with E-state index in [1.54, 1.807) is 18.3 Å². The van der Waals surface area contributed by atoms with Gasteiger partial charge in [0.15, 0.2) is 0 Å². The number of allylic oxidation sites excluding steroid dienone is 1. The average molecular weight is 424 g/mol. The zero-order chi connectivity index (χ0) is 22.4. The molecule has 0 aliphatic carbocycles. The number of hydrogen-bond donors (Lipinski definition) is 4. The number of nitrogens with one attached hydrogen (secondary N) is 4.